The first kappa shape index (κ1) is 19.6. The topological polar surface area (TPSA) is 50.2 Å². The van der Waals surface area contributed by atoms with Gasteiger partial charge in [0.05, 0.1) is 16.9 Å². The zero-order valence-corrected chi connectivity index (χ0v) is 13.6. The average molecular weight is 380 g/mol. The molecule has 11 heteroatoms. The van der Waals surface area contributed by atoms with Crippen molar-refractivity contribution in [3.63, 3.8) is 0 Å². The molecule has 1 amide bonds. The summed E-state index contributed by atoms with van der Waals surface area (Å²) in [4.78, 5) is 13.5. The second kappa shape index (κ2) is 6.89. The minimum absolute atomic E-state index is 0.113. The minimum atomic E-state index is -4.65. The summed E-state index contributed by atoms with van der Waals surface area (Å²) in [7, 11) is 3.14. The van der Waals surface area contributed by atoms with Crippen molar-refractivity contribution in [2.45, 2.75) is 18.9 Å². The molecule has 26 heavy (non-hydrogen) atoms. The van der Waals surface area contributed by atoms with Crippen molar-refractivity contribution >= 4 is 17.3 Å². The molecule has 2 aromatic rings. The number of nitrogens with zero attached hydrogens (tertiary/aromatic N) is 3. The third kappa shape index (κ3) is 4.67. The Labute approximate surface area is 144 Å². The van der Waals surface area contributed by atoms with E-state index >= 15 is 0 Å². The van der Waals surface area contributed by atoms with Crippen LogP contribution in [-0.2, 0) is 23.7 Å². The number of nitrogens with one attached hydrogen (secondary N) is 1. The Balaban J connectivity index is 2.21. The predicted octanol–water partition coefficient (Wildman–Crippen LogP) is 3.63. The maximum Gasteiger partial charge on any atom is 0.435 e. The van der Waals surface area contributed by atoms with Gasteiger partial charge in [0.25, 0.3) is 0 Å². The van der Waals surface area contributed by atoms with Crippen molar-refractivity contribution in [1.82, 2.24) is 9.78 Å². The van der Waals surface area contributed by atoms with Crippen LogP contribution in [0, 0.1) is 0 Å². The Bertz CT molecular complexity index is 794. The van der Waals surface area contributed by atoms with Gasteiger partial charge in [0.2, 0.25) is 5.91 Å². The van der Waals surface area contributed by atoms with Crippen LogP contribution in [0.25, 0.3) is 0 Å². The van der Waals surface area contributed by atoms with Crippen LogP contribution in [0.5, 0.6) is 0 Å². The monoisotopic (exact) mass is 380 g/mol. The first-order valence-corrected chi connectivity index (χ1v) is 7.17. The predicted molar refractivity (Wildman–Crippen MR) is 81.6 cm³/mol. The highest BCUT2D eigenvalue weighted by atomic mass is 19.4. The first-order chi connectivity index (χ1) is 11.9. The Morgan fingerprint density at radius 3 is 2.27 bits per heavy atom. The number of alkyl halides is 6. The lowest BCUT2D eigenvalue weighted by molar-refractivity contribution is -0.141. The summed E-state index contributed by atoms with van der Waals surface area (Å²) in [5.41, 5.74) is -1.93. The molecule has 5 nitrogen and oxygen atoms in total. The number of rotatable bonds is 4. The molecular formula is C15H14F6N4O. The lowest BCUT2D eigenvalue weighted by Gasteiger charge is -2.19. The van der Waals surface area contributed by atoms with Gasteiger partial charge in [-0.25, -0.2) is 0 Å². The van der Waals surface area contributed by atoms with Gasteiger partial charge in [0, 0.05) is 20.3 Å². The largest absolute Gasteiger partial charge is 0.435 e. The van der Waals surface area contributed by atoms with Crippen LogP contribution < -0.4 is 10.2 Å². The van der Waals surface area contributed by atoms with Crippen molar-refractivity contribution in [1.29, 1.82) is 0 Å². The average Bonchev–Trinajstić information content (AvgIpc) is 2.94. The molecule has 1 N–H and O–H groups in total. The Kier molecular flexibility index (Phi) is 5.19. The van der Waals surface area contributed by atoms with Crippen LogP contribution in [0.15, 0.2) is 30.5 Å². The number of hydrogen-bond acceptors (Lipinski definition) is 3. The van der Waals surface area contributed by atoms with Crippen molar-refractivity contribution in [3.05, 3.63) is 41.7 Å². The van der Waals surface area contributed by atoms with E-state index in [0.717, 1.165) is 23.0 Å². The molecule has 0 unspecified atom stereocenters. The van der Waals surface area contributed by atoms with Gasteiger partial charge in [-0.05, 0) is 24.3 Å². The number of amides is 1. The first-order valence-electron chi connectivity index (χ1n) is 7.17. The van der Waals surface area contributed by atoms with E-state index in [1.807, 2.05) is 0 Å². The van der Waals surface area contributed by atoms with Crippen LogP contribution in [0.4, 0.5) is 37.7 Å². The molecule has 1 aromatic heterocycles. The van der Waals surface area contributed by atoms with E-state index in [1.165, 1.54) is 11.0 Å². The number of anilines is 2. The van der Waals surface area contributed by atoms with Gasteiger partial charge < -0.3 is 10.2 Å². The highest BCUT2D eigenvalue weighted by molar-refractivity contribution is 5.94. The van der Waals surface area contributed by atoms with Crippen LogP contribution in [0.1, 0.15) is 11.3 Å². The smallest absolute Gasteiger partial charge is 0.376 e. The van der Waals surface area contributed by atoms with E-state index in [2.05, 4.69) is 10.4 Å². The molecule has 142 valence electrons. The van der Waals surface area contributed by atoms with Crippen molar-refractivity contribution < 1.29 is 31.1 Å². The van der Waals surface area contributed by atoms with E-state index < -0.39 is 36.1 Å². The number of aromatic nitrogens is 2. The number of benzene rings is 1. The molecule has 0 aliphatic rings. The van der Waals surface area contributed by atoms with E-state index in [4.69, 9.17) is 0 Å². The van der Waals surface area contributed by atoms with E-state index in [0.29, 0.717) is 11.8 Å². The van der Waals surface area contributed by atoms with Gasteiger partial charge in [0.1, 0.15) is 6.54 Å². The van der Waals surface area contributed by atoms with Crippen LogP contribution in [0.2, 0.25) is 0 Å². The number of hydrogen-bond donors (Lipinski definition) is 1. The molecule has 0 bridgehead atoms. The highest BCUT2D eigenvalue weighted by Gasteiger charge is 2.34. The molecule has 1 heterocycles. The molecule has 1 aromatic carbocycles. The molecular weight excluding hydrogens is 366 g/mol. The molecule has 2 rings (SSSR count). The third-order valence-corrected chi connectivity index (χ3v) is 3.32. The second-order valence-corrected chi connectivity index (χ2v) is 5.57. The van der Waals surface area contributed by atoms with Gasteiger partial charge >= 0.3 is 12.4 Å². The van der Waals surface area contributed by atoms with Gasteiger partial charge in [-0.2, -0.15) is 31.4 Å². The van der Waals surface area contributed by atoms with Crippen molar-refractivity contribution in [3.8, 4) is 0 Å². The molecule has 0 saturated heterocycles. The summed E-state index contributed by atoms with van der Waals surface area (Å²) in [6.45, 7) is -0.584. The fraction of sp³-hybridized carbons (Fsp3) is 0.333. The highest BCUT2D eigenvalue weighted by Crippen LogP contribution is 2.35. The zero-order valence-electron chi connectivity index (χ0n) is 13.6. The molecule has 0 fully saturated rings. The summed E-state index contributed by atoms with van der Waals surface area (Å²) in [6.07, 6.45) is -8.30. The normalized spacial score (nSPS) is 12.2. The fourth-order valence-corrected chi connectivity index (χ4v) is 2.14. The Morgan fingerprint density at radius 1 is 1.12 bits per heavy atom. The minimum Gasteiger partial charge on any atom is -0.376 e. The molecule has 0 aliphatic carbocycles. The van der Waals surface area contributed by atoms with Crippen molar-refractivity contribution in [2.75, 3.05) is 24.3 Å². The summed E-state index contributed by atoms with van der Waals surface area (Å²) in [6, 6.07) is 3.52. The Morgan fingerprint density at radius 2 is 1.77 bits per heavy atom. The van der Waals surface area contributed by atoms with Crippen LogP contribution in [-0.4, -0.2) is 29.8 Å². The molecule has 0 atom stereocenters. The maximum absolute atomic E-state index is 12.9. The SMILES string of the molecule is CN(C)c1ccc(C(F)(F)F)cc1NC(=O)Cn1ccc(C(F)(F)F)n1. The fourth-order valence-electron chi connectivity index (χ4n) is 2.14. The quantitative estimate of drug-likeness (QED) is 0.825. The number of carbonyl (C=O) groups excluding carboxylic acids is 1. The number of carbonyl (C=O) groups is 1. The summed E-state index contributed by atoms with van der Waals surface area (Å²) in [5.74, 6) is -0.816. The third-order valence-electron chi connectivity index (χ3n) is 3.32. The molecule has 0 saturated carbocycles. The summed E-state index contributed by atoms with van der Waals surface area (Å²) >= 11 is 0. The van der Waals surface area contributed by atoms with Crippen molar-refractivity contribution in [2.24, 2.45) is 0 Å². The van der Waals surface area contributed by atoms with Crippen LogP contribution in [0.3, 0.4) is 0 Å². The molecule has 0 radical (unpaired) electrons. The lowest BCUT2D eigenvalue weighted by atomic mass is 10.1. The Hall–Kier alpha value is -2.72. The van der Waals surface area contributed by atoms with Gasteiger partial charge in [0.15, 0.2) is 5.69 Å². The zero-order chi connectivity index (χ0) is 19.7. The van der Waals surface area contributed by atoms with Gasteiger partial charge in [-0.15, -0.1) is 0 Å². The molecule has 0 aliphatic heterocycles. The maximum atomic E-state index is 12.9. The van der Waals surface area contributed by atoms with Crippen LogP contribution >= 0.6 is 0 Å². The lowest BCUT2D eigenvalue weighted by Crippen LogP contribution is -2.22. The summed E-state index contributed by atoms with van der Waals surface area (Å²) < 4.78 is 76.8. The number of halogens is 6. The van der Waals surface area contributed by atoms with Gasteiger partial charge in [-0.3, -0.25) is 9.48 Å². The molecule has 0 spiro atoms. The van der Waals surface area contributed by atoms with E-state index in [-0.39, 0.29) is 5.69 Å². The van der Waals surface area contributed by atoms with Gasteiger partial charge in [-0.1, -0.05) is 0 Å². The second-order valence-electron chi connectivity index (χ2n) is 5.57. The standard InChI is InChI=1S/C15H14F6N4O/c1-24(2)11-4-3-9(14(16,17)18)7-10(11)22-13(26)8-25-6-5-12(23-25)15(19,20)21/h3-7H,8H2,1-2H3,(H,22,26). The summed E-state index contributed by atoms with van der Waals surface area (Å²) in [5, 5.41) is 5.50. The van der Waals surface area contributed by atoms with E-state index in [1.54, 1.807) is 14.1 Å². The van der Waals surface area contributed by atoms with E-state index in [9.17, 15) is 31.1 Å².